The lowest BCUT2D eigenvalue weighted by atomic mass is 10.2. The second kappa shape index (κ2) is 9.95. The third kappa shape index (κ3) is 4.43. The van der Waals surface area contributed by atoms with Crippen molar-refractivity contribution in [1.29, 1.82) is 0 Å². The van der Waals surface area contributed by atoms with Gasteiger partial charge in [0.05, 0.1) is 35.0 Å². The molecule has 0 aliphatic rings. The van der Waals surface area contributed by atoms with E-state index < -0.39 is 5.82 Å². The first-order valence-corrected chi connectivity index (χ1v) is 11.9. The normalized spacial score (nSPS) is 12.3. The molecule has 0 saturated heterocycles. The minimum absolute atomic E-state index is 0.0577. The van der Waals surface area contributed by atoms with E-state index in [2.05, 4.69) is 9.55 Å². The SMILES string of the molecule is COCC(C)n1c(C)cc(C(=O)CSc2nc3ccccc3c(=O)n2-c2ccccc2F)c1C. The molecule has 34 heavy (non-hydrogen) atoms. The van der Waals surface area contributed by atoms with Crippen LogP contribution in [0.3, 0.4) is 0 Å². The first-order valence-electron chi connectivity index (χ1n) is 10.9. The number of para-hydroxylation sites is 2. The van der Waals surface area contributed by atoms with Gasteiger partial charge in [0, 0.05) is 24.1 Å². The number of nitrogens with zero attached hydrogens (tertiary/aromatic N) is 3. The molecule has 0 aliphatic heterocycles. The van der Waals surface area contributed by atoms with Gasteiger partial charge in [-0.1, -0.05) is 36.0 Å². The Hall–Kier alpha value is -3.23. The number of fused-ring (bicyclic) bond motifs is 1. The number of halogens is 1. The number of ketones is 1. The quantitative estimate of drug-likeness (QED) is 0.199. The molecule has 1 atom stereocenters. The van der Waals surface area contributed by atoms with Gasteiger partial charge in [-0.15, -0.1) is 0 Å². The van der Waals surface area contributed by atoms with Crippen molar-refractivity contribution in [2.24, 2.45) is 0 Å². The summed E-state index contributed by atoms with van der Waals surface area (Å²) in [5.41, 5.74) is 2.69. The van der Waals surface area contributed by atoms with E-state index in [1.165, 1.54) is 16.7 Å². The second-order valence-electron chi connectivity index (χ2n) is 8.17. The van der Waals surface area contributed by atoms with Gasteiger partial charge in [0.2, 0.25) is 0 Å². The number of methoxy groups -OCH3 is 1. The molecule has 0 radical (unpaired) electrons. The predicted octanol–water partition coefficient (Wildman–Crippen LogP) is 5.13. The van der Waals surface area contributed by atoms with E-state index in [0.717, 1.165) is 23.1 Å². The van der Waals surface area contributed by atoms with Crippen LogP contribution in [0.1, 0.15) is 34.7 Å². The summed E-state index contributed by atoms with van der Waals surface area (Å²) < 4.78 is 23.3. The zero-order chi connectivity index (χ0) is 24.4. The lowest BCUT2D eigenvalue weighted by Crippen LogP contribution is -2.23. The number of aromatic nitrogens is 3. The Morgan fingerprint density at radius 3 is 2.59 bits per heavy atom. The monoisotopic (exact) mass is 479 g/mol. The maximum absolute atomic E-state index is 14.7. The molecule has 1 unspecified atom stereocenters. The molecule has 0 fully saturated rings. The van der Waals surface area contributed by atoms with Crippen molar-refractivity contribution in [3.8, 4) is 5.69 Å². The van der Waals surface area contributed by atoms with Crippen molar-refractivity contribution in [2.75, 3.05) is 19.5 Å². The van der Waals surface area contributed by atoms with Gasteiger partial charge in [-0.3, -0.25) is 14.2 Å². The van der Waals surface area contributed by atoms with Crippen molar-refractivity contribution in [3.63, 3.8) is 0 Å². The summed E-state index contributed by atoms with van der Waals surface area (Å²) in [6, 6.07) is 15.0. The van der Waals surface area contributed by atoms with Crippen LogP contribution in [0.2, 0.25) is 0 Å². The molecule has 8 heteroatoms. The number of carbonyl (C=O) groups is 1. The van der Waals surface area contributed by atoms with Gasteiger partial charge in [-0.25, -0.2) is 9.37 Å². The zero-order valence-electron chi connectivity index (χ0n) is 19.5. The van der Waals surface area contributed by atoms with E-state index in [0.29, 0.717) is 23.1 Å². The van der Waals surface area contributed by atoms with Crippen LogP contribution in [0.25, 0.3) is 16.6 Å². The number of carbonyl (C=O) groups excluding carboxylic acids is 1. The largest absolute Gasteiger partial charge is 0.383 e. The van der Waals surface area contributed by atoms with Crippen LogP contribution in [-0.2, 0) is 4.74 Å². The van der Waals surface area contributed by atoms with E-state index in [4.69, 9.17) is 4.74 Å². The summed E-state index contributed by atoms with van der Waals surface area (Å²) in [5.74, 6) is -0.565. The molecule has 4 aromatic rings. The average Bonchev–Trinajstić information content (AvgIpc) is 3.12. The lowest BCUT2D eigenvalue weighted by Gasteiger charge is -2.17. The third-order valence-corrected chi connectivity index (χ3v) is 6.74. The van der Waals surface area contributed by atoms with Crippen molar-refractivity contribution in [2.45, 2.75) is 32.0 Å². The molecule has 4 rings (SSSR count). The first kappa shape index (κ1) is 23.9. The summed E-state index contributed by atoms with van der Waals surface area (Å²) in [6.07, 6.45) is 0. The number of hydrogen-bond acceptors (Lipinski definition) is 5. The molecular weight excluding hydrogens is 453 g/mol. The fourth-order valence-corrected chi connectivity index (χ4v) is 5.20. The standard InChI is InChI=1S/C26H26FN3O3S/c1-16-13-20(18(3)29(16)17(2)14-33-4)24(31)15-34-26-28-22-11-7-5-9-19(22)25(32)30(26)23-12-8-6-10-21(23)27/h5-13,17H,14-15H2,1-4H3. The Labute approximate surface area is 201 Å². The van der Waals surface area contributed by atoms with E-state index in [1.807, 2.05) is 26.8 Å². The highest BCUT2D eigenvalue weighted by Crippen LogP contribution is 2.26. The predicted molar refractivity (Wildman–Crippen MR) is 133 cm³/mol. The van der Waals surface area contributed by atoms with Crippen molar-refractivity contribution < 1.29 is 13.9 Å². The van der Waals surface area contributed by atoms with Crippen LogP contribution in [0, 0.1) is 19.7 Å². The second-order valence-corrected chi connectivity index (χ2v) is 9.12. The fraction of sp³-hybridized carbons (Fsp3) is 0.269. The van der Waals surface area contributed by atoms with Crippen molar-refractivity contribution in [1.82, 2.24) is 14.1 Å². The summed E-state index contributed by atoms with van der Waals surface area (Å²) in [4.78, 5) is 31.1. The van der Waals surface area contributed by atoms with Crippen LogP contribution in [0.4, 0.5) is 4.39 Å². The molecule has 2 aromatic carbocycles. The summed E-state index contributed by atoms with van der Waals surface area (Å²) in [6.45, 7) is 6.46. The van der Waals surface area contributed by atoms with E-state index in [1.54, 1.807) is 43.5 Å². The minimum Gasteiger partial charge on any atom is -0.383 e. The summed E-state index contributed by atoms with van der Waals surface area (Å²) in [5, 5.41) is 0.654. The minimum atomic E-state index is -0.537. The number of Topliss-reactive ketones (excluding diaryl/α,β-unsaturated/α-hetero) is 1. The molecule has 2 aromatic heterocycles. The number of thioether (sulfide) groups is 1. The number of rotatable bonds is 8. The van der Waals surface area contributed by atoms with Gasteiger partial charge in [0.15, 0.2) is 10.9 Å². The molecule has 2 heterocycles. The summed E-state index contributed by atoms with van der Waals surface area (Å²) in [7, 11) is 1.65. The Bertz CT molecular complexity index is 1430. The zero-order valence-corrected chi connectivity index (χ0v) is 20.4. The molecular formula is C26H26FN3O3S. The van der Waals surface area contributed by atoms with Crippen LogP contribution < -0.4 is 5.56 Å². The molecule has 0 spiro atoms. The smallest absolute Gasteiger partial charge is 0.266 e. The van der Waals surface area contributed by atoms with Gasteiger partial charge in [-0.2, -0.15) is 0 Å². The molecule has 0 N–H and O–H groups in total. The first-order chi connectivity index (χ1) is 16.3. The fourth-order valence-electron chi connectivity index (χ4n) is 4.32. The molecule has 0 saturated carbocycles. The van der Waals surface area contributed by atoms with E-state index in [9.17, 15) is 14.0 Å². The van der Waals surface area contributed by atoms with Crippen LogP contribution in [0.5, 0.6) is 0 Å². The highest BCUT2D eigenvalue weighted by molar-refractivity contribution is 7.99. The van der Waals surface area contributed by atoms with Crippen LogP contribution >= 0.6 is 11.8 Å². The maximum atomic E-state index is 14.7. The number of hydrogen-bond donors (Lipinski definition) is 0. The number of ether oxygens (including phenoxy) is 1. The Morgan fingerprint density at radius 1 is 1.15 bits per heavy atom. The van der Waals surface area contributed by atoms with E-state index in [-0.39, 0.29) is 34.0 Å². The van der Waals surface area contributed by atoms with Crippen molar-refractivity contribution >= 4 is 28.4 Å². The molecule has 0 amide bonds. The Kier molecular flexibility index (Phi) is 7.00. The molecule has 176 valence electrons. The topological polar surface area (TPSA) is 66.1 Å². The van der Waals surface area contributed by atoms with Gasteiger partial charge >= 0.3 is 0 Å². The van der Waals surface area contributed by atoms with Crippen LogP contribution in [0.15, 0.2) is 64.5 Å². The molecule has 6 nitrogen and oxygen atoms in total. The average molecular weight is 480 g/mol. The van der Waals surface area contributed by atoms with Gasteiger partial charge < -0.3 is 9.30 Å². The highest BCUT2D eigenvalue weighted by atomic mass is 32.2. The van der Waals surface area contributed by atoms with Gasteiger partial charge in [-0.05, 0) is 51.1 Å². The molecule has 0 aliphatic carbocycles. The van der Waals surface area contributed by atoms with Crippen LogP contribution in [-0.4, -0.2) is 39.4 Å². The lowest BCUT2D eigenvalue weighted by molar-refractivity contribution is 0.102. The van der Waals surface area contributed by atoms with Gasteiger partial charge in [0.1, 0.15) is 5.82 Å². The third-order valence-electron chi connectivity index (χ3n) is 5.80. The Morgan fingerprint density at radius 2 is 1.85 bits per heavy atom. The number of aryl methyl sites for hydroxylation is 1. The van der Waals surface area contributed by atoms with Gasteiger partial charge in [0.25, 0.3) is 5.56 Å². The Balaban J connectivity index is 1.72. The number of benzene rings is 2. The maximum Gasteiger partial charge on any atom is 0.266 e. The van der Waals surface area contributed by atoms with E-state index >= 15 is 0 Å². The molecule has 0 bridgehead atoms. The highest BCUT2D eigenvalue weighted by Gasteiger charge is 2.21. The van der Waals surface area contributed by atoms with Crippen molar-refractivity contribution in [3.05, 3.63) is 87.7 Å². The summed E-state index contributed by atoms with van der Waals surface area (Å²) >= 11 is 1.13.